The molecule has 0 saturated carbocycles. The van der Waals surface area contributed by atoms with Gasteiger partial charge < -0.3 is 4.74 Å². The highest BCUT2D eigenvalue weighted by atomic mass is 19.4. The molecule has 5 heteroatoms. The van der Waals surface area contributed by atoms with Crippen LogP contribution in [0.3, 0.4) is 0 Å². The van der Waals surface area contributed by atoms with E-state index in [0.717, 1.165) is 0 Å². The van der Waals surface area contributed by atoms with Crippen molar-refractivity contribution in [2.75, 3.05) is 0 Å². The first kappa shape index (κ1) is 11.3. The molecule has 0 aliphatic rings. The summed E-state index contributed by atoms with van der Waals surface area (Å²) in [5.74, 6) is -2.10. The molecule has 0 aromatic rings. The van der Waals surface area contributed by atoms with Crippen LogP contribution in [0.2, 0.25) is 0 Å². The van der Waals surface area contributed by atoms with Crippen LogP contribution in [0.1, 0.15) is 26.7 Å². The molecule has 0 amide bonds. The number of rotatable bonds is 3. The molecule has 0 aromatic heterocycles. The Morgan fingerprint density at radius 2 is 1.75 bits per heavy atom. The monoisotopic (exact) mass is 184 g/mol. The van der Waals surface area contributed by atoms with Crippen molar-refractivity contribution < 1.29 is 22.7 Å². The lowest BCUT2D eigenvalue weighted by Crippen LogP contribution is -2.29. The van der Waals surface area contributed by atoms with Gasteiger partial charge in [-0.15, -0.1) is 0 Å². The molecular formula is C7H11F3O2. The topological polar surface area (TPSA) is 26.3 Å². The molecule has 0 N–H and O–H groups in total. The maximum absolute atomic E-state index is 11.6. The average molecular weight is 184 g/mol. The van der Waals surface area contributed by atoms with E-state index in [1.165, 1.54) is 0 Å². The number of carbonyl (C=O) groups excluding carboxylic acids is 1. The normalized spacial score (nSPS) is 11.8. The molecule has 0 aromatic carbocycles. The fourth-order valence-electron chi connectivity index (χ4n) is 0.674. The van der Waals surface area contributed by atoms with Gasteiger partial charge in [-0.3, -0.25) is 0 Å². The van der Waals surface area contributed by atoms with E-state index in [-0.39, 0.29) is 0 Å². The zero-order chi connectivity index (χ0) is 9.78. The van der Waals surface area contributed by atoms with Crippen LogP contribution in [0.15, 0.2) is 0 Å². The number of hydrogen-bond donors (Lipinski definition) is 0. The molecule has 0 rings (SSSR count). The Kier molecular flexibility index (Phi) is 4.06. The molecule has 0 unspecified atom stereocenters. The van der Waals surface area contributed by atoms with E-state index >= 15 is 0 Å². The zero-order valence-corrected chi connectivity index (χ0v) is 6.94. The fraction of sp³-hybridized carbons (Fsp3) is 0.857. The molecule has 0 radical (unpaired) electrons. The fourth-order valence-corrected chi connectivity index (χ4v) is 0.674. The van der Waals surface area contributed by atoms with Gasteiger partial charge in [-0.05, 0) is 12.8 Å². The predicted molar refractivity (Wildman–Crippen MR) is 36.5 cm³/mol. The summed E-state index contributed by atoms with van der Waals surface area (Å²) in [5, 5.41) is 0. The Labute approximate surface area is 68.7 Å². The zero-order valence-electron chi connectivity index (χ0n) is 6.94. The van der Waals surface area contributed by atoms with Gasteiger partial charge in [0.1, 0.15) is 6.10 Å². The molecule has 0 fully saturated rings. The van der Waals surface area contributed by atoms with Gasteiger partial charge in [0.2, 0.25) is 0 Å². The van der Waals surface area contributed by atoms with Gasteiger partial charge in [0.05, 0.1) is 0 Å². The Bertz CT molecular complexity index is 149. The number of carbonyl (C=O) groups is 1. The van der Waals surface area contributed by atoms with Crippen LogP contribution in [0.25, 0.3) is 0 Å². The van der Waals surface area contributed by atoms with Crippen molar-refractivity contribution in [1.29, 1.82) is 0 Å². The summed E-state index contributed by atoms with van der Waals surface area (Å²) in [7, 11) is 0. The van der Waals surface area contributed by atoms with Crippen LogP contribution in [-0.2, 0) is 9.53 Å². The first-order valence-electron chi connectivity index (χ1n) is 3.69. The van der Waals surface area contributed by atoms with E-state index in [1.807, 2.05) is 0 Å². The number of halogens is 3. The summed E-state index contributed by atoms with van der Waals surface area (Å²) in [6.45, 7) is 3.33. The summed E-state index contributed by atoms with van der Waals surface area (Å²) in [5.41, 5.74) is 0. The van der Waals surface area contributed by atoms with Crippen molar-refractivity contribution >= 4 is 5.97 Å². The average Bonchev–Trinajstić information content (AvgIpc) is 1.97. The van der Waals surface area contributed by atoms with Crippen LogP contribution < -0.4 is 0 Å². The third kappa shape index (κ3) is 3.59. The molecule has 0 aliphatic carbocycles. The van der Waals surface area contributed by atoms with Crippen LogP contribution in [0.5, 0.6) is 0 Å². The van der Waals surface area contributed by atoms with Gasteiger partial charge in [-0.25, -0.2) is 4.79 Å². The number of hydrogen-bond acceptors (Lipinski definition) is 2. The van der Waals surface area contributed by atoms with Gasteiger partial charge in [-0.1, -0.05) is 13.8 Å². The molecule has 0 spiro atoms. The van der Waals surface area contributed by atoms with Gasteiger partial charge in [0.15, 0.2) is 0 Å². The van der Waals surface area contributed by atoms with Gasteiger partial charge in [0, 0.05) is 0 Å². The number of alkyl halides is 3. The lowest BCUT2D eigenvalue weighted by atomic mass is 10.2. The molecule has 0 atom stereocenters. The van der Waals surface area contributed by atoms with E-state index in [4.69, 9.17) is 0 Å². The summed E-state index contributed by atoms with van der Waals surface area (Å²) in [4.78, 5) is 10.2. The van der Waals surface area contributed by atoms with Gasteiger partial charge in [0.25, 0.3) is 0 Å². The Hall–Kier alpha value is -0.740. The molecule has 0 saturated heterocycles. The third-order valence-electron chi connectivity index (χ3n) is 1.42. The van der Waals surface area contributed by atoms with Crippen molar-refractivity contribution in [2.24, 2.45) is 0 Å². The minimum Gasteiger partial charge on any atom is -0.456 e. The summed E-state index contributed by atoms with van der Waals surface area (Å²) >= 11 is 0. The molecule has 0 aliphatic heterocycles. The van der Waals surface area contributed by atoms with Gasteiger partial charge >= 0.3 is 12.1 Å². The van der Waals surface area contributed by atoms with Gasteiger partial charge in [-0.2, -0.15) is 13.2 Å². The second kappa shape index (κ2) is 4.33. The van der Waals surface area contributed by atoms with Crippen molar-refractivity contribution in [3.05, 3.63) is 0 Å². The van der Waals surface area contributed by atoms with E-state index in [9.17, 15) is 18.0 Å². The van der Waals surface area contributed by atoms with Crippen LogP contribution in [0, 0.1) is 0 Å². The third-order valence-corrected chi connectivity index (χ3v) is 1.42. The lowest BCUT2D eigenvalue weighted by molar-refractivity contribution is -0.205. The smallest absolute Gasteiger partial charge is 0.456 e. The highest BCUT2D eigenvalue weighted by molar-refractivity contribution is 5.75. The largest absolute Gasteiger partial charge is 0.490 e. The predicted octanol–water partition coefficient (Wildman–Crippen LogP) is 2.28. The molecule has 0 bridgehead atoms. The van der Waals surface area contributed by atoms with Crippen molar-refractivity contribution in [1.82, 2.24) is 0 Å². The first-order valence-corrected chi connectivity index (χ1v) is 3.69. The quantitative estimate of drug-likeness (QED) is 0.629. The number of esters is 1. The Morgan fingerprint density at radius 1 is 1.33 bits per heavy atom. The summed E-state index contributed by atoms with van der Waals surface area (Å²) < 4.78 is 39.0. The molecular weight excluding hydrogens is 173 g/mol. The minimum atomic E-state index is -4.87. The summed E-state index contributed by atoms with van der Waals surface area (Å²) in [6.07, 6.45) is -4.70. The molecule has 72 valence electrons. The summed E-state index contributed by atoms with van der Waals surface area (Å²) in [6, 6.07) is 0. The molecule has 0 heterocycles. The van der Waals surface area contributed by atoms with E-state index in [2.05, 4.69) is 4.74 Å². The van der Waals surface area contributed by atoms with E-state index in [0.29, 0.717) is 12.8 Å². The van der Waals surface area contributed by atoms with Crippen molar-refractivity contribution in [2.45, 2.75) is 39.0 Å². The lowest BCUT2D eigenvalue weighted by Gasteiger charge is -2.14. The highest BCUT2D eigenvalue weighted by Crippen LogP contribution is 2.18. The first-order chi connectivity index (χ1) is 5.41. The highest BCUT2D eigenvalue weighted by Gasteiger charge is 2.41. The maximum Gasteiger partial charge on any atom is 0.490 e. The second-order valence-electron chi connectivity index (χ2n) is 2.34. The van der Waals surface area contributed by atoms with Crippen LogP contribution in [-0.4, -0.2) is 18.2 Å². The molecule has 2 nitrogen and oxygen atoms in total. The standard InChI is InChI=1S/C7H11F3O2/c1-3-5(4-2)12-6(11)7(8,9)10/h5H,3-4H2,1-2H3. The Balaban J connectivity index is 3.99. The number of ether oxygens (including phenoxy) is 1. The SMILES string of the molecule is CCC(CC)OC(=O)C(F)(F)F. The van der Waals surface area contributed by atoms with E-state index in [1.54, 1.807) is 13.8 Å². The van der Waals surface area contributed by atoms with Crippen molar-refractivity contribution in [3.8, 4) is 0 Å². The van der Waals surface area contributed by atoms with Crippen molar-refractivity contribution in [3.63, 3.8) is 0 Å². The maximum atomic E-state index is 11.6. The molecule has 12 heavy (non-hydrogen) atoms. The minimum absolute atomic E-state index is 0.401. The Morgan fingerprint density at radius 3 is 2.00 bits per heavy atom. The second-order valence-corrected chi connectivity index (χ2v) is 2.34. The van der Waals surface area contributed by atoms with E-state index < -0.39 is 18.2 Å². The van der Waals surface area contributed by atoms with Crippen LogP contribution in [0.4, 0.5) is 13.2 Å². The van der Waals surface area contributed by atoms with Crippen LogP contribution >= 0.6 is 0 Å².